The van der Waals surface area contributed by atoms with Gasteiger partial charge in [-0.2, -0.15) is 0 Å². The molecule has 128 valence electrons. The molecule has 2 aliphatic rings. The number of nitrogens with zero attached hydrogens (tertiary/aromatic N) is 1. The maximum atomic E-state index is 12.4. The Morgan fingerprint density at radius 3 is 3.09 bits per heavy atom. The van der Waals surface area contributed by atoms with E-state index in [1.54, 1.807) is 7.11 Å². The van der Waals surface area contributed by atoms with Gasteiger partial charge in [0.1, 0.15) is 10.6 Å². The Morgan fingerprint density at radius 1 is 1.52 bits per heavy atom. The van der Waals surface area contributed by atoms with Crippen LogP contribution >= 0.6 is 11.3 Å². The van der Waals surface area contributed by atoms with Gasteiger partial charge < -0.3 is 19.7 Å². The highest BCUT2D eigenvalue weighted by atomic mass is 32.1. The van der Waals surface area contributed by atoms with Crippen LogP contribution in [0, 0.1) is 5.92 Å². The van der Waals surface area contributed by atoms with Crippen molar-refractivity contribution in [1.29, 1.82) is 0 Å². The van der Waals surface area contributed by atoms with Gasteiger partial charge in [-0.15, -0.1) is 11.3 Å². The molecule has 3 heterocycles. The molecule has 5 nitrogen and oxygen atoms in total. The summed E-state index contributed by atoms with van der Waals surface area (Å²) in [5.74, 6) is 1.09. The van der Waals surface area contributed by atoms with Crippen LogP contribution in [0.1, 0.15) is 35.9 Å². The average molecular weight is 338 g/mol. The number of carbonyl (C=O) groups excluding carboxylic acids is 1. The van der Waals surface area contributed by atoms with Crippen molar-refractivity contribution in [3.05, 3.63) is 16.3 Å². The Kier molecular flexibility index (Phi) is 5.56. The van der Waals surface area contributed by atoms with Crippen molar-refractivity contribution in [3.63, 3.8) is 0 Å². The number of nitrogens with one attached hydrogen (secondary N) is 1. The quantitative estimate of drug-likeness (QED) is 0.895. The Morgan fingerprint density at radius 2 is 2.39 bits per heavy atom. The molecule has 23 heavy (non-hydrogen) atoms. The number of hydrogen-bond donors (Lipinski definition) is 1. The molecule has 0 unspecified atom stereocenters. The lowest BCUT2D eigenvalue weighted by Gasteiger charge is -2.38. The molecular weight excluding hydrogens is 312 g/mol. The molecule has 3 atom stereocenters. The smallest absolute Gasteiger partial charge is 0.265 e. The first-order valence-electron chi connectivity index (χ1n) is 8.43. The number of amides is 1. The SMILES string of the molecule is COc1ccsc1C(=O)N[C@@H]1CCN(C[C@@H]2CCCO2)C[C@H]1C. The van der Waals surface area contributed by atoms with Gasteiger partial charge in [0, 0.05) is 32.3 Å². The van der Waals surface area contributed by atoms with E-state index in [-0.39, 0.29) is 11.9 Å². The molecule has 0 saturated carbocycles. The summed E-state index contributed by atoms with van der Waals surface area (Å²) in [6, 6.07) is 2.07. The Labute approximate surface area is 142 Å². The zero-order chi connectivity index (χ0) is 16.2. The van der Waals surface area contributed by atoms with E-state index in [0.29, 0.717) is 22.6 Å². The van der Waals surface area contributed by atoms with E-state index in [2.05, 4.69) is 17.1 Å². The van der Waals surface area contributed by atoms with Crippen LogP contribution < -0.4 is 10.1 Å². The molecule has 0 aliphatic carbocycles. The maximum absolute atomic E-state index is 12.4. The van der Waals surface area contributed by atoms with Gasteiger partial charge in [-0.1, -0.05) is 6.92 Å². The molecule has 0 aromatic carbocycles. The minimum Gasteiger partial charge on any atom is -0.495 e. The van der Waals surface area contributed by atoms with E-state index >= 15 is 0 Å². The van der Waals surface area contributed by atoms with E-state index in [1.165, 1.54) is 24.2 Å². The predicted molar refractivity (Wildman–Crippen MR) is 91.3 cm³/mol. The first kappa shape index (κ1) is 16.7. The standard InChI is InChI=1S/C17H26N2O3S/c1-12-10-19(11-13-4-3-8-22-13)7-5-14(12)18-17(20)16-15(21-2)6-9-23-16/h6,9,12-14H,3-5,7-8,10-11H2,1-2H3,(H,18,20)/t12-,13+,14-/m1/s1. The van der Waals surface area contributed by atoms with Gasteiger partial charge in [-0.05, 0) is 36.6 Å². The van der Waals surface area contributed by atoms with E-state index < -0.39 is 0 Å². The van der Waals surface area contributed by atoms with Crippen LogP contribution in [-0.4, -0.2) is 56.3 Å². The maximum Gasteiger partial charge on any atom is 0.265 e. The summed E-state index contributed by atoms with van der Waals surface area (Å²) in [6.07, 6.45) is 3.77. The fraction of sp³-hybridized carbons (Fsp3) is 0.706. The Hall–Kier alpha value is -1.11. The highest BCUT2D eigenvalue weighted by Crippen LogP contribution is 2.26. The first-order chi connectivity index (χ1) is 11.2. The molecule has 2 fully saturated rings. The molecule has 1 N–H and O–H groups in total. The van der Waals surface area contributed by atoms with Crippen LogP contribution in [0.3, 0.4) is 0 Å². The lowest BCUT2D eigenvalue weighted by atomic mass is 9.93. The lowest BCUT2D eigenvalue weighted by molar-refractivity contribution is 0.0499. The highest BCUT2D eigenvalue weighted by Gasteiger charge is 2.30. The van der Waals surface area contributed by atoms with Crippen LogP contribution in [0.25, 0.3) is 0 Å². The highest BCUT2D eigenvalue weighted by molar-refractivity contribution is 7.12. The van der Waals surface area contributed by atoms with Crippen molar-refractivity contribution in [2.45, 2.75) is 38.3 Å². The van der Waals surface area contributed by atoms with Crippen molar-refractivity contribution in [2.75, 3.05) is 33.4 Å². The summed E-state index contributed by atoms with van der Waals surface area (Å²) in [5, 5.41) is 5.08. The minimum absolute atomic E-state index is 0.0127. The minimum atomic E-state index is -0.0127. The number of ether oxygens (including phenoxy) is 2. The largest absolute Gasteiger partial charge is 0.495 e. The number of carbonyl (C=O) groups is 1. The fourth-order valence-electron chi connectivity index (χ4n) is 3.55. The van der Waals surface area contributed by atoms with E-state index in [9.17, 15) is 4.79 Å². The van der Waals surface area contributed by atoms with Crippen LogP contribution in [0.15, 0.2) is 11.4 Å². The van der Waals surface area contributed by atoms with Gasteiger partial charge in [0.25, 0.3) is 5.91 Å². The fourth-order valence-corrected chi connectivity index (χ4v) is 4.31. The van der Waals surface area contributed by atoms with Crippen LogP contribution in [0.5, 0.6) is 5.75 Å². The second-order valence-corrected chi connectivity index (χ2v) is 7.47. The molecule has 1 aromatic heterocycles. The van der Waals surface area contributed by atoms with Gasteiger partial charge in [-0.25, -0.2) is 0 Å². The van der Waals surface area contributed by atoms with Gasteiger partial charge in [0.15, 0.2) is 0 Å². The molecule has 2 aliphatic heterocycles. The molecule has 1 amide bonds. The topological polar surface area (TPSA) is 50.8 Å². The molecule has 0 radical (unpaired) electrons. The summed E-state index contributed by atoms with van der Waals surface area (Å²) in [6.45, 7) is 6.21. The molecule has 3 rings (SSSR count). The number of likely N-dealkylation sites (tertiary alicyclic amines) is 1. The van der Waals surface area contributed by atoms with Crippen molar-refractivity contribution in [3.8, 4) is 5.75 Å². The normalized spacial score (nSPS) is 28.7. The number of piperidine rings is 1. The molecule has 0 spiro atoms. The van der Waals surface area contributed by atoms with Crippen LogP contribution in [-0.2, 0) is 4.74 Å². The zero-order valence-corrected chi connectivity index (χ0v) is 14.7. The molecular formula is C17H26N2O3S. The van der Waals surface area contributed by atoms with Crippen molar-refractivity contribution in [1.82, 2.24) is 10.2 Å². The van der Waals surface area contributed by atoms with E-state index in [0.717, 1.165) is 32.7 Å². The van der Waals surface area contributed by atoms with Gasteiger partial charge >= 0.3 is 0 Å². The summed E-state index contributed by atoms with van der Waals surface area (Å²) in [5.41, 5.74) is 0. The monoisotopic (exact) mass is 338 g/mol. The van der Waals surface area contributed by atoms with E-state index in [1.807, 2.05) is 11.4 Å². The molecule has 0 bridgehead atoms. The van der Waals surface area contributed by atoms with Crippen molar-refractivity contribution < 1.29 is 14.3 Å². The Balaban J connectivity index is 1.51. The van der Waals surface area contributed by atoms with Crippen molar-refractivity contribution >= 4 is 17.2 Å². The third kappa shape index (κ3) is 4.05. The summed E-state index contributed by atoms with van der Waals surface area (Å²) in [4.78, 5) is 15.6. The summed E-state index contributed by atoms with van der Waals surface area (Å²) >= 11 is 1.43. The first-order valence-corrected chi connectivity index (χ1v) is 9.31. The molecule has 1 aromatic rings. The van der Waals surface area contributed by atoms with Gasteiger partial charge in [-0.3, -0.25) is 4.79 Å². The zero-order valence-electron chi connectivity index (χ0n) is 13.9. The number of hydrogen-bond acceptors (Lipinski definition) is 5. The Bertz CT molecular complexity index is 528. The second kappa shape index (κ2) is 7.64. The second-order valence-electron chi connectivity index (χ2n) is 6.56. The summed E-state index contributed by atoms with van der Waals surface area (Å²) < 4.78 is 11.0. The third-order valence-corrected chi connectivity index (χ3v) is 5.74. The van der Waals surface area contributed by atoms with Gasteiger partial charge in [0.05, 0.1) is 13.2 Å². The van der Waals surface area contributed by atoms with Crippen molar-refractivity contribution in [2.24, 2.45) is 5.92 Å². The molecule has 2 saturated heterocycles. The molecule has 6 heteroatoms. The van der Waals surface area contributed by atoms with Crippen LogP contribution in [0.4, 0.5) is 0 Å². The van der Waals surface area contributed by atoms with E-state index in [4.69, 9.17) is 9.47 Å². The number of methoxy groups -OCH3 is 1. The average Bonchev–Trinajstić information content (AvgIpc) is 3.20. The third-order valence-electron chi connectivity index (χ3n) is 4.85. The number of thiophene rings is 1. The summed E-state index contributed by atoms with van der Waals surface area (Å²) in [7, 11) is 1.60. The lowest BCUT2D eigenvalue weighted by Crippen LogP contribution is -2.51. The van der Waals surface area contributed by atoms with Crippen LogP contribution in [0.2, 0.25) is 0 Å². The predicted octanol–water partition coefficient (Wildman–Crippen LogP) is 2.38. The van der Waals surface area contributed by atoms with Gasteiger partial charge in [0.2, 0.25) is 0 Å². The number of rotatable bonds is 5.